The molecular weight excluding hydrogens is 461 g/mol. The van der Waals surface area contributed by atoms with Crippen molar-refractivity contribution in [1.82, 2.24) is 14.9 Å². The lowest BCUT2D eigenvalue weighted by Gasteiger charge is -2.36. The first-order valence-electron chi connectivity index (χ1n) is 11.1. The molecule has 0 amide bonds. The van der Waals surface area contributed by atoms with Crippen LogP contribution in [-0.2, 0) is 4.79 Å². The maximum absolute atomic E-state index is 15.3. The minimum absolute atomic E-state index is 0.0220. The number of carboxylic acids is 1. The number of rotatable bonds is 10. The summed E-state index contributed by atoms with van der Waals surface area (Å²) < 4.78 is 21.7. The highest BCUT2D eigenvalue weighted by atomic mass is 32.2. The fourth-order valence-electron chi connectivity index (χ4n) is 4.50. The third-order valence-corrected chi connectivity index (χ3v) is 8.26. The van der Waals surface area contributed by atoms with Crippen LogP contribution in [0.5, 0.6) is 5.75 Å². The number of nitrogens with zero attached hydrogens (tertiary/aromatic N) is 3. The normalized spacial score (nSPS) is 20.1. The van der Waals surface area contributed by atoms with E-state index in [2.05, 4.69) is 14.9 Å². The Hall–Kier alpha value is -2.23. The molecule has 1 aromatic carbocycles. The van der Waals surface area contributed by atoms with E-state index < -0.39 is 18.1 Å². The number of thiazole rings is 1. The number of aliphatic carboxylic acids is 1. The molecule has 0 aliphatic carbocycles. The average molecular weight is 490 g/mol. The van der Waals surface area contributed by atoms with Gasteiger partial charge in [0.1, 0.15) is 16.3 Å². The largest absolute Gasteiger partial charge is 0.497 e. The Labute approximate surface area is 201 Å². The summed E-state index contributed by atoms with van der Waals surface area (Å²) in [4.78, 5) is 22.8. The number of likely N-dealkylation sites (tertiary alicyclic amines) is 1. The lowest BCUT2D eigenvalue weighted by Crippen LogP contribution is -2.44. The summed E-state index contributed by atoms with van der Waals surface area (Å²) in [6, 6.07) is 7.16. The molecule has 1 aliphatic rings. The van der Waals surface area contributed by atoms with E-state index >= 15 is 4.39 Å². The number of alkyl halides is 1. The van der Waals surface area contributed by atoms with Crippen LogP contribution in [0.1, 0.15) is 31.0 Å². The number of ether oxygens (including phenoxy) is 1. The molecule has 3 heterocycles. The summed E-state index contributed by atoms with van der Waals surface area (Å²) in [5.74, 6) is 0.272. The number of methoxy groups -OCH3 is 1. The first kappa shape index (κ1) is 23.9. The summed E-state index contributed by atoms with van der Waals surface area (Å²) in [5.41, 5.74) is 1.31. The van der Waals surface area contributed by atoms with Gasteiger partial charge in [-0.25, -0.2) is 9.37 Å². The molecule has 3 atom stereocenters. The molecule has 1 aliphatic heterocycles. The van der Waals surface area contributed by atoms with Crippen LogP contribution in [0, 0.1) is 11.8 Å². The molecule has 1 N–H and O–H groups in total. The van der Waals surface area contributed by atoms with E-state index in [-0.39, 0.29) is 5.92 Å². The predicted molar refractivity (Wildman–Crippen MR) is 130 cm³/mol. The zero-order valence-corrected chi connectivity index (χ0v) is 20.2. The van der Waals surface area contributed by atoms with Gasteiger partial charge in [0.15, 0.2) is 0 Å². The standard InChI is InChI=1S/C24H28FN3O3S2/c1-31-17-3-5-22-19(14-17)18(6-8-26-22)21(25)4-2-16-7-10-28(15-20(16)23(29)30)11-13-33-24-27-9-12-32-24/h3,5-6,8-9,12,14,16,20-21H,2,4,7,10-11,13,15H2,1H3,(H,29,30)/t16-,20+,21+/m1/s1. The lowest BCUT2D eigenvalue weighted by atomic mass is 9.81. The van der Waals surface area contributed by atoms with Gasteiger partial charge in [0.25, 0.3) is 0 Å². The summed E-state index contributed by atoms with van der Waals surface area (Å²) >= 11 is 3.32. The van der Waals surface area contributed by atoms with Crippen molar-refractivity contribution in [3.05, 3.63) is 47.6 Å². The fraction of sp³-hybridized carbons (Fsp3) is 0.458. The van der Waals surface area contributed by atoms with E-state index in [9.17, 15) is 9.90 Å². The predicted octanol–water partition coefficient (Wildman–Crippen LogP) is 5.31. The maximum atomic E-state index is 15.3. The number of aromatic nitrogens is 2. The average Bonchev–Trinajstić information content (AvgIpc) is 3.35. The second-order valence-corrected chi connectivity index (χ2v) is 10.5. The second-order valence-electron chi connectivity index (χ2n) is 8.27. The van der Waals surface area contributed by atoms with Gasteiger partial charge in [0.2, 0.25) is 0 Å². The van der Waals surface area contributed by atoms with Crippen LogP contribution in [0.3, 0.4) is 0 Å². The van der Waals surface area contributed by atoms with Gasteiger partial charge in [-0.1, -0.05) is 11.8 Å². The van der Waals surface area contributed by atoms with Crippen molar-refractivity contribution in [2.24, 2.45) is 11.8 Å². The highest BCUT2D eigenvalue weighted by Crippen LogP contribution is 2.35. The molecule has 0 unspecified atom stereocenters. The van der Waals surface area contributed by atoms with Gasteiger partial charge in [-0.2, -0.15) is 0 Å². The molecule has 0 radical (unpaired) electrons. The van der Waals surface area contributed by atoms with Crippen molar-refractivity contribution in [2.45, 2.75) is 29.8 Å². The molecule has 9 heteroatoms. The monoisotopic (exact) mass is 489 g/mol. The molecule has 0 saturated carbocycles. The Bertz CT molecular complexity index is 1070. The van der Waals surface area contributed by atoms with Crippen molar-refractivity contribution < 1.29 is 19.0 Å². The molecule has 0 spiro atoms. The number of hydrogen-bond donors (Lipinski definition) is 1. The number of carboxylic acid groups (broad SMARTS) is 1. The highest BCUT2D eigenvalue weighted by Gasteiger charge is 2.34. The minimum atomic E-state index is -1.18. The summed E-state index contributed by atoms with van der Waals surface area (Å²) in [5, 5.41) is 12.5. The van der Waals surface area contributed by atoms with Crippen LogP contribution in [0.15, 0.2) is 46.4 Å². The van der Waals surface area contributed by atoms with Gasteiger partial charge >= 0.3 is 5.97 Å². The maximum Gasteiger partial charge on any atom is 0.308 e. The van der Waals surface area contributed by atoms with Crippen LogP contribution in [0.2, 0.25) is 0 Å². The second kappa shape index (κ2) is 11.3. The van der Waals surface area contributed by atoms with E-state index in [0.29, 0.717) is 30.7 Å². The Morgan fingerprint density at radius 1 is 1.36 bits per heavy atom. The van der Waals surface area contributed by atoms with E-state index in [4.69, 9.17) is 4.74 Å². The first-order chi connectivity index (χ1) is 16.0. The fourth-order valence-corrected chi connectivity index (χ4v) is 6.21. The number of thioether (sulfide) groups is 1. The molecule has 1 saturated heterocycles. The summed E-state index contributed by atoms with van der Waals surface area (Å²) in [6.45, 7) is 2.20. The van der Waals surface area contributed by atoms with Crippen LogP contribution >= 0.6 is 23.1 Å². The van der Waals surface area contributed by atoms with Crippen molar-refractivity contribution in [2.75, 3.05) is 32.5 Å². The van der Waals surface area contributed by atoms with Crippen molar-refractivity contribution >= 4 is 40.0 Å². The Morgan fingerprint density at radius 3 is 3.00 bits per heavy atom. The van der Waals surface area contributed by atoms with E-state index in [0.717, 1.165) is 40.5 Å². The van der Waals surface area contributed by atoms with Crippen molar-refractivity contribution in [3.8, 4) is 5.75 Å². The number of carbonyl (C=O) groups is 1. The third kappa shape index (κ3) is 6.02. The van der Waals surface area contributed by atoms with Crippen LogP contribution in [-0.4, -0.2) is 58.4 Å². The number of piperidine rings is 1. The molecule has 4 rings (SSSR count). The van der Waals surface area contributed by atoms with Gasteiger partial charge in [0.05, 0.1) is 18.5 Å². The number of pyridine rings is 1. The Balaban J connectivity index is 1.34. The molecule has 6 nitrogen and oxygen atoms in total. The zero-order valence-electron chi connectivity index (χ0n) is 18.5. The zero-order chi connectivity index (χ0) is 23.2. The smallest absolute Gasteiger partial charge is 0.308 e. The van der Waals surface area contributed by atoms with Crippen LogP contribution in [0.25, 0.3) is 10.9 Å². The van der Waals surface area contributed by atoms with Gasteiger partial charge in [-0.3, -0.25) is 9.78 Å². The molecule has 0 bridgehead atoms. The van der Waals surface area contributed by atoms with Crippen molar-refractivity contribution in [1.29, 1.82) is 0 Å². The number of fused-ring (bicyclic) bond motifs is 1. The molecule has 33 heavy (non-hydrogen) atoms. The van der Waals surface area contributed by atoms with Gasteiger partial charge in [-0.05, 0) is 61.6 Å². The molecular formula is C24H28FN3O3S2. The highest BCUT2D eigenvalue weighted by molar-refractivity contribution is 8.01. The third-order valence-electron chi connectivity index (χ3n) is 6.31. The number of halogens is 1. The van der Waals surface area contributed by atoms with Gasteiger partial charge < -0.3 is 14.7 Å². The topological polar surface area (TPSA) is 75.5 Å². The minimum Gasteiger partial charge on any atom is -0.497 e. The van der Waals surface area contributed by atoms with Crippen LogP contribution in [0.4, 0.5) is 4.39 Å². The quantitative estimate of drug-likeness (QED) is 0.387. The molecule has 3 aromatic rings. The summed E-state index contributed by atoms with van der Waals surface area (Å²) in [6.07, 6.45) is 3.86. The number of hydrogen-bond acceptors (Lipinski definition) is 7. The lowest BCUT2D eigenvalue weighted by molar-refractivity contribution is -0.146. The van der Waals surface area contributed by atoms with Crippen molar-refractivity contribution in [3.63, 3.8) is 0 Å². The molecule has 2 aromatic heterocycles. The van der Waals surface area contributed by atoms with Gasteiger partial charge in [-0.15, -0.1) is 11.3 Å². The van der Waals surface area contributed by atoms with Gasteiger partial charge in [0, 0.05) is 42.0 Å². The molecule has 1 fully saturated rings. The van der Waals surface area contributed by atoms with E-state index in [1.165, 1.54) is 0 Å². The molecule has 176 valence electrons. The Kier molecular flexibility index (Phi) is 8.16. The van der Waals surface area contributed by atoms with E-state index in [1.54, 1.807) is 48.7 Å². The Morgan fingerprint density at radius 2 is 2.24 bits per heavy atom. The van der Waals surface area contributed by atoms with E-state index in [1.807, 2.05) is 23.6 Å². The summed E-state index contributed by atoms with van der Waals surface area (Å²) in [7, 11) is 1.58. The number of benzene rings is 1. The first-order valence-corrected chi connectivity index (χ1v) is 13.0. The van der Waals surface area contributed by atoms with Crippen LogP contribution < -0.4 is 4.74 Å². The SMILES string of the molecule is COc1ccc2nccc([C@@H](F)CC[C@@H]3CCN(CCSc4nccs4)C[C@@H]3C(=O)O)c2c1.